The summed E-state index contributed by atoms with van der Waals surface area (Å²) in [5.74, 6) is 0.351. The molecule has 7 nitrogen and oxygen atoms in total. The van der Waals surface area contributed by atoms with E-state index in [1.807, 2.05) is 4.90 Å². The van der Waals surface area contributed by atoms with Gasteiger partial charge in [-0.05, 0) is 43.2 Å². The van der Waals surface area contributed by atoms with Gasteiger partial charge in [0.05, 0.1) is 11.9 Å². The minimum absolute atomic E-state index is 0.0780. The maximum atomic E-state index is 13.3. The van der Waals surface area contributed by atoms with Crippen molar-refractivity contribution in [3.05, 3.63) is 53.6 Å². The van der Waals surface area contributed by atoms with Gasteiger partial charge in [0.2, 0.25) is 10.0 Å². The van der Waals surface area contributed by atoms with Crippen molar-refractivity contribution in [2.24, 2.45) is 0 Å². The number of aryl methyl sites for hydroxylation is 1. The van der Waals surface area contributed by atoms with Gasteiger partial charge in [-0.2, -0.15) is 0 Å². The Morgan fingerprint density at radius 1 is 0.935 bits per heavy atom. The Morgan fingerprint density at radius 3 is 2.32 bits per heavy atom. The molecule has 166 valence electrons. The SMILES string of the molecule is Cc1cccc(N2CCN(C(=O)C3CCN(S(C)(=O)=O)c4ccccc4O3)CC2)c1C. The molecule has 0 bridgehead atoms. The Bertz CT molecular complexity index is 1080. The van der Waals surface area contributed by atoms with E-state index in [0.717, 1.165) is 13.1 Å². The number of nitrogens with zero attached hydrogens (tertiary/aromatic N) is 3. The van der Waals surface area contributed by atoms with Crippen LogP contribution in [0, 0.1) is 13.8 Å². The van der Waals surface area contributed by atoms with Gasteiger partial charge in [-0.15, -0.1) is 0 Å². The number of amides is 1. The largest absolute Gasteiger partial charge is 0.478 e. The van der Waals surface area contributed by atoms with E-state index in [1.54, 1.807) is 24.3 Å². The average molecular weight is 444 g/mol. The Kier molecular flexibility index (Phi) is 5.83. The van der Waals surface area contributed by atoms with Gasteiger partial charge < -0.3 is 14.5 Å². The van der Waals surface area contributed by atoms with Crippen molar-refractivity contribution < 1.29 is 17.9 Å². The lowest BCUT2D eigenvalue weighted by atomic mass is 10.1. The highest BCUT2D eigenvalue weighted by atomic mass is 32.2. The van der Waals surface area contributed by atoms with Gasteiger partial charge >= 0.3 is 0 Å². The monoisotopic (exact) mass is 443 g/mol. The molecule has 0 spiro atoms. The fourth-order valence-electron chi connectivity index (χ4n) is 4.30. The van der Waals surface area contributed by atoms with Crippen LogP contribution in [0.4, 0.5) is 11.4 Å². The number of sulfonamides is 1. The highest BCUT2D eigenvalue weighted by Crippen LogP contribution is 2.34. The van der Waals surface area contributed by atoms with Crippen molar-refractivity contribution in [2.75, 3.05) is 48.2 Å². The molecular formula is C23H29N3O4S. The van der Waals surface area contributed by atoms with Crippen molar-refractivity contribution in [1.29, 1.82) is 0 Å². The minimum Gasteiger partial charge on any atom is -0.478 e. The third-order valence-electron chi connectivity index (χ3n) is 6.18. The number of anilines is 2. The number of benzene rings is 2. The molecule has 2 aliphatic heterocycles. The van der Waals surface area contributed by atoms with Crippen LogP contribution in [-0.2, 0) is 14.8 Å². The molecule has 2 heterocycles. The van der Waals surface area contributed by atoms with Gasteiger partial charge in [-0.1, -0.05) is 24.3 Å². The molecule has 8 heteroatoms. The van der Waals surface area contributed by atoms with Crippen LogP contribution in [0.15, 0.2) is 42.5 Å². The summed E-state index contributed by atoms with van der Waals surface area (Å²) in [5.41, 5.74) is 4.24. The molecule has 1 unspecified atom stereocenters. The molecule has 0 radical (unpaired) electrons. The maximum absolute atomic E-state index is 13.3. The molecule has 1 fully saturated rings. The summed E-state index contributed by atoms with van der Waals surface area (Å²) in [6.45, 7) is 7.21. The van der Waals surface area contributed by atoms with E-state index in [-0.39, 0.29) is 12.5 Å². The molecule has 0 aliphatic carbocycles. The third kappa shape index (κ3) is 4.35. The maximum Gasteiger partial charge on any atom is 0.263 e. The highest BCUT2D eigenvalue weighted by molar-refractivity contribution is 7.92. The van der Waals surface area contributed by atoms with E-state index in [2.05, 4.69) is 36.9 Å². The average Bonchev–Trinajstić information content (AvgIpc) is 2.95. The second-order valence-electron chi connectivity index (χ2n) is 8.23. The number of ether oxygens (including phenoxy) is 1. The topological polar surface area (TPSA) is 70.2 Å². The molecule has 2 aromatic rings. The molecule has 0 saturated carbocycles. The molecule has 1 amide bonds. The first-order valence-electron chi connectivity index (χ1n) is 10.6. The Balaban J connectivity index is 1.47. The van der Waals surface area contributed by atoms with E-state index in [1.165, 1.54) is 27.4 Å². The Morgan fingerprint density at radius 2 is 1.61 bits per heavy atom. The third-order valence-corrected chi connectivity index (χ3v) is 7.36. The molecule has 1 saturated heterocycles. The van der Waals surface area contributed by atoms with Gasteiger partial charge in [0.25, 0.3) is 5.91 Å². The fourth-order valence-corrected chi connectivity index (χ4v) is 5.24. The number of fused-ring (bicyclic) bond motifs is 1. The van der Waals surface area contributed by atoms with E-state index < -0.39 is 16.1 Å². The molecule has 1 atom stereocenters. The molecule has 2 aromatic carbocycles. The van der Waals surface area contributed by atoms with Crippen molar-refractivity contribution in [2.45, 2.75) is 26.4 Å². The summed E-state index contributed by atoms with van der Waals surface area (Å²) in [7, 11) is -3.46. The van der Waals surface area contributed by atoms with Gasteiger partial charge in [0, 0.05) is 44.8 Å². The second-order valence-corrected chi connectivity index (χ2v) is 10.1. The lowest BCUT2D eigenvalue weighted by Gasteiger charge is -2.38. The molecular weight excluding hydrogens is 414 g/mol. The summed E-state index contributed by atoms with van der Waals surface area (Å²) in [5, 5.41) is 0. The standard InChI is InChI=1S/C23H29N3O4S/c1-17-7-6-9-19(18(17)2)24-13-15-25(16-14-24)23(27)22-11-12-26(31(3,28)29)20-8-4-5-10-21(20)30-22/h4-10,22H,11-16H2,1-3H3. The smallest absolute Gasteiger partial charge is 0.263 e. The summed E-state index contributed by atoms with van der Waals surface area (Å²) >= 11 is 0. The molecule has 2 aliphatic rings. The van der Waals surface area contributed by atoms with Crippen molar-refractivity contribution in [3.8, 4) is 5.75 Å². The first-order valence-corrected chi connectivity index (χ1v) is 12.4. The first kappa shape index (κ1) is 21.5. The predicted molar refractivity (Wildman–Crippen MR) is 122 cm³/mol. The van der Waals surface area contributed by atoms with Crippen LogP contribution < -0.4 is 13.9 Å². The van der Waals surface area contributed by atoms with Crippen LogP contribution in [0.1, 0.15) is 17.5 Å². The van der Waals surface area contributed by atoms with Crippen molar-refractivity contribution in [1.82, 2.24) is 4.90 Å². The van der Waals surface area contributed by atoms with E-state index in [9.17, 15) is 13.2 Å². The predicted octanol–water partition coefficient (Wildman–Crippen LogP) is 2.57. The van der Waals surface area contributed by atoms with Crippen LogP contribution in [0.5, 0.6) is 5.75 Å². The highest BCUT2D eigenvalue weighted by Gasteiger charge is 2.34. The zero-order valence-corrected chi connectivity index (χ0v) is 19.1. The van der Waals surface area contributed by atoms with Crippen LogP contribution in [0.2, 0.25) is 0 Å². The Hall–Kier alpha value is -2.74. The van der Waals surface area contributed by atoms with E-state index >= 15 is 0 Å². The zero-order valence-electron chi connectivity index (χ0n) is 18.2. The number of carbonyl (C=O) groups excluding carboxylic acids is 1. The van der Waals surface area contributed by atoms with Crippen LogP contribution in [0.25, 0.3) is 0 Å². The van der Waals surface area contributed by atoms with Crippen LogP contribution >= 0.6 is 0 Å². The fraction of sp³-hybridized carbons (Fsp3) is 0.435. The lowest BCUT2D eigenvalue weighted by Crippen LogP contribution is -2.52. The zero-order chi connectivity index (χ0) is 22.2. The Labute approximate surface area is 184 Å². The number of rotatable bonds is 3. The number of carbonyl (C=O) groups is 1. The van der Waals surface area contributed by atoms with Gasteiger partial charge in [-0.25, -0.2) is 8.42 Å². The summed E-state index contributed by atoms with van der Waals surface area (Å²) < 4.78 is 31.9. The molecule has 31 heavy (non-hydrogen) atoms. The van der Waals surface area contributed by atoms with Gasteiger partial charge in [0.15, 0.2) is 6.10 Å². The first-order chi connectivity index (χ1) is 14.8. The molecule has 4 rings (SSSR count). The lowest BCUT2D eigenvalue weighted by molar-refractivity contribution is -0.139. The molecule has 0 aromatic heterocycles. The second kappa shape index (κ2) is 8.42. The van der Waals surface area contributed by atoms with Crippen LogP contribution in [-0.4, -0.2) is 64.3 Å². The minimum atomic E-state index is -3.46. The summed E-state index contributed by atoms with van der Waals surface area (Å²) in [6, 6.07) is 13.3. The summed E-state index contributed by atoms with van der Waals surface area (Å²) in [6.07, 6.45) is 0.802. The molecule has 0 N–H and O–H groups in total. The van der Waals surface area contributed by atoms with Gasteiger partial charge in [0.1, 0.15) is 5.75 Å². The van der Waals surface area contributed by atoms with E-state index in [4.69, 9.17) is 4.74 Å². The van der Waals surface area contributed by atoms with Crippen molar-refractivity contribution in [3.63, 3.8) is 0 Å². The number of hydrogen-bond acceptors (Lipinski definition) is 5. The number of para-hydroxylation sites is 2. The van der Waals surface area contributed by atoms with Gasteiger partial charge in [-0.3, -0.25) is 9.10 Å². The van der Waals surface area contributed by atoms with Crippen molar-refractivity contribution >= 4 is 27.3 Å². The summed E-state index contributed by atoms with van der Waals surface area (Å²) in [4.78, 5) is 17.4. The quantitative estimate of drug-likeness (QED) is 0.729. The van der Waals surface area contributed by atoms with E-state index in [0.29, 0.717) is 30.9 Å². The number of piperazine rings is 1. The van der Waals surface area contributed by atoms with Crippen LogP contribution in [0.3, 0.4) is 0 Å². The number of hydrogen-bond donors (Lipinski definition) is 0. The normalized spacial score (nSPS) is 19.5.